The molecule has 1 atom stereocenters. The number of rotatable bonds is 7. The van der Waals surface area contributed by atoms with Crippen LogP contribution < -0.4 is 15.4 Å². The van der Waals surface area contributed by atoms with Gasteiger partial charge in [-0.15, -0.1) is 0 Å². The van der Waals surface area contributed by atoms with Gasteiger partial charge >= 0.3 is 5.97 Å². The Morgan fingerprint density at radius 3 is 2.74 bits per heavy atom. The summed E-state index contributed by atoms with van der Waals surface area (Å²) >= 11 is 0. The molecule has 3 N–H and O–H groups in total. The fourth-order valence-electron chi connectivity index (χ4n) is 4.11. The zero-order valence-corrected chi connectivity index (χ0v) is 15.9. The van der Waals surface area contributed by atoms with Crippen LogP contribution in [0.4, 0.5) is 0 Å². The smallest absolute Gasteiger partial charge is 0.320 e. The van der Waals surface area contributed by atoms with Crippen LogP contribution in [0, 0.1) is 5.41 Å². The van der Waals surface area contributed by atoms with Crippen LogP contribution in [0.3, 0.4) is 0 Å². The Balaban J connectivity index is 1.37. The molecule has 3 rings (SSSR count). The maximum absolute atomic E-state index is 12.2. The van der Waals surface area contributed by atoms with Crippen molar-refractivity contribution >= 4 is 11.9 Å². The van der Waals surface area contributed by atoms with Gasteiger partial charge in [-0.25, -0.2) is 0 Å². The van der Waals surface area contributed by atoms with Gasteiger partial charge in [-0.3, -0.25) is 9.59 Å². The lowest BCUT2D eigenvalue weighted by atomic mass is 9.76. The number of ether oxygens (including phenoxy) is 1. The monoisotopic (exact) mass is 375 g/mol. The van der Waals surface area contributed by atoms with E-state index < -0.39 is 12.0 Å². The fraction of sp³-hybridized carbons (Fsp3) is 0.600. The summed E-state index contributed by atoms with van der Waals surface area (Å²) in [6.45, 7) is 3.84. The maximum Gasteiger partial charge on any atom is 0.320 e. The summed E-state index contributed by atoms with van der Waals surface area (Å²) in [5.41, 5.74) is 1.08. The van der Waals surface area contributed by atoms with Gasteiger partial charge in [-0.05, 0) is 43.8 Å². The summed E-state index contributed by atoms with van der Waals surface area (Å²) < 4.78 is 5.30. The molecular weight excluding hydrogens is 346 g/mol. The highest BCUT2D eigenvalue weighted by Gasteiger charge is 2.43. The van der Waals surface area contributed by atoms with E-state index in [-0.39, 0.29) is 11.3 Å². The van der Waals surface area contributed by atoms with Gasteiger partial charge in [0, 0.05) is 31.6 Å². The predicted octanol–water partition coefficient (Wildman–Crippen LogP) is 1.23. The number of benzene rings is 1. The number of nitrogens with zero attached hydrogens (tertiary/aromatic N) is 1. The Bertz CT molecular complexity index is 671. The number of hydrogen-bond acceptors (Lipinski definition) is 5. The molecule has 0 aromatic heterocycles. The first-order chi connectivity index (χ1) is 13.0. The van der Waals surface area contributed by atoms with Crippen molar-refractivity contribution in [3.8, 4) is 5.75 Å². The number of carboxylic acids is 1. The Kier molecular flexibility index (Phi) is 6.34. The van der Waals surface area contributed by atoms with Crippen LogP contribution in [-0.4, -0.2) is 61.2 Å². The van der Waals surface area contributed by atoms with E-state index in [9.17, 15) is 9.59 Å². The first kappa shape index (κ1) is 19.6. The molecule has 0 radical (unpaired) electrons. The number of hydrogen-bond donors (Lipinski definition) is 3. The average molecular weight is 375 g/mol. The van der Waals surface area contributed by atoms with Crippen LogP contribution in [0.2, 0.25) is 0 Å². The molecule has 0 bridgehead atoms. The number of likely N-dealkylation sites (tertiary alicyclic amines) is 1. The normalized spacial score (nSPS) is 21.9. The van der Waals surface area contributed by atoms with Crippen LogP contribution >= 0.6 is 0 Å². The van der Waals surface area contributed by atoms with Crippen LogP contribution in [0.25, 0.3) is 0 Å². The Labute approximate surface area is 160 Å². The van der Waals surface area contributed by atoms with Gasteiger partial charge in [-0.1, -0.05) is 18.2 Å². The minimum Gasteiger partial charge on any atom is -0.496 e. The Hall–Kier alpha value is -2.12. The van der Waals surface area contributed by atoms with Crippen LogP contribution in [-0.2, 0) is 16.1 Å². The molecule has 2 saturated heterocycles. The van der Waals surface area contributed by atoms with Gasteiger partial charge < -0.3 is 25.4 Å². The van der Waals surface area contributed by atoms with Crippen molar-refractivity contribution in [1.82, 2.24) is 15.5 Å². The van der Waals surface area contributed by atoms with Crippen molar-refractivity contribution in [2.75, 3.05) is 33.3 Å². The van der Waals surface area contributed by atoms with Gasteiger partial charge in [0.05, 0.1) is 7.11 Å². The van der Waals surface area contributed by atoms with E-state index in [2.05, 4.69) is 15.5 Å². The highest BCUT2D eigenvalue weighted by Crippen LogP contribution is 2.39. The number of amides is 1. The van der Waals surface area contributed by atoms with Gasteiger partial charge in [0.15, 0.2) is 0 Å². The lowest BCUT2D eigenvalue weighted by molar-refractivity contribution is -0.139. The van der Waals surface area contributed by atoms with Crippen LogP contribution in [0.5, 0.6) is 5.75 Å². The number of aliphatic carboxylic acids is 1. The molecule has 27 heavy (non-hydrogen) atoms. The standard InChI is InChI=1S/C20H29N3O4/c1-27-17-5-3-2-4-15(17)13-21-18(24)6-9-23-10-7-20(8-11-23)12-16(19(25)26)22-14-20/h2-5,16,22H,6-14H2,1H3,(H,21,24)(H,25,26)/t16-/m0/s1. The van der Waals surface area contributed by atoms with Crippen LogP contribution in [0.1, 0.15) is 31.2 Å². The van der Waals surface area contributed by atoms with E-state index in [1.165, 1.54) is 0 Å². The topological polar surface area (TPSA) is 90.9 Å². The molecule has 1 spiro atoms. The number of nitrogens with one attached hydrogen (secondary N) is 2. The molecular formula is C20H29N3O4. The third-order valence-electron chi connectivity index (χ3n) is 5.90. The van der Waals surface area contributed by atoms with Crippen molar-refractivity contribution in [2.24, 2.45) is 5.41 Å². The number of piperidine rings is 1. The minimum atomic E-state index is -0.749. The molecule has 148 valence electrons. The summed E-state index contributed by atoms with van der Waals surface area (Å²) in [6, 6.07) is 7.27. The summed E-state index contributed by atoms with van der Waals surface area (Å²) in [6.07, 6.45) is 3.17. The number of carboxylic acid groups (broad SMARTS) is 1. The molecule has 2 aliphatic heterocycles. The summed E-state index contributed by atoms with van der Waals surface area (Å²) in [5, 5.41) is 15.3. The van der Waals surface area contributed by atoms with Gasteiger partial charge in [0.2, 0.25) is 5.91 Å². The maximum atomic E-state index is 12.2. The molecule has 7 nitrogen and oxygen atoms in total. The summed E-state index contributed by atoms with van der Waals surface area (Å²) in [4.78, 5) is 25.6. The average Bonchev–Trinajstić information content (AvgIpc) is 3.10. The van der Waals surface area contributed by atoms with E-state index in [0.717, 1.165) is 56.8 Å². The number of para-hydroxylation sites is 1. The van der Waals surface area contributed by atoms with E-state index in [1.807, 2.05) is 24.3 Å². The zero-order valence-electron chi connectivity index (χ0n) is 15.9. The Morgan fingerprint density at radius 1 is 1.33 bits per heavy atom. The molecule has 0 aliphatic carbocycles. The quantitative estimate of drug-likeness (QED) is 0.664. The van der Waals surface area contributed by atoms with Crippen molar-refractivity contribution < 1.29 is 19.4 Å². The lowest BCUT2D eigenvalue weighted by Crippen LogP contribution is -2.42. The van der Waals surface area contributed by atoms with E-state index in [0.29, 0.717) is 13.0 Å². The number of carbonyl (C=O) groups excluding carboxylic acids is 1. The van der Waals surface area contributed by atoms with Crippen molar-refractivity contribution in [2.45, 2.75) is 38.3 Å². The minimum absolute atomic E-state index is 0.0367. The van der Waals surface area contributed by atoms with E-state index >= 15 is 0 Å². The second kappa shape index (κ2) is 8.71. The largest absolute Gasteiger partial charge is 0.496 e. The SMILES string of the molecule is COc1ccccc1CNC(=O)CCN1CCC2(CC1)CN[C@H](C(=O)O)C2. The van der Waals surface area contributed by atoms with E-state index in [4.69, 9.17) is 9.84 Å². The van der Waals surface area contributed by atoms with Gasteiger partial charge in [0.1, 0.15) is 11.8 Å². The molecule has 2 heterocycles. The first-order valence-corrected chi connectivity index (χ1v) is 9.58. The Morgan fingerprint density at radius 2 is 2.07 bits per heavy atom. The van der Waals surface area contributed by atoms with Gasteiger partial charge in [0.25, 0.3) is 0 Å². The fourth-order valence-corrected chi connectivity index (χ4v) is 4.11. The highest BCUT2D eigenvalue weighted by molar-refractivity contribution is 5.76. The molecule has 2 aliphatic rings. The molecule has 1 amide bonds. The zero-order chi connectivity index (χ0) is 19.3. The predicted molar refractivity (Wildman–Crippen MR) is 102 cm³/mol. The van der Waals surface area contributed by atoms with Crippen molar-refractivity contribution in [3.63, 3.8) is 0 Å². The summed E-state index contributed by atoms with van der Waals surface area (Å²) in [7, 11) is 1.63. The lowest BCUT2D eigenvalue weighted by Gasteiger charge is -2.38. The van der Waals surface area contributed by atoms with Gasteiger partial charge in [-0.2, -0.15) is 0 Å². The first-order valence-electron chi connectivity index (χ1n) is 9.58. The highest BCUT2D eigenvalue weighted by atomic mass is 16.5. The second-order valence-electron chi connectivity index (χ2n) is 7.66. The number of carbonyl (C=O) groups is 2. The van der Waals surface area contributed by atoms with Crippen LogP contribution in [0.15, 0.2) is 24.3 Å². The molecule has 1 aromatic carbocycles. The van der Waals surface area contributed by atoms with Crippen molar-refractivity contribution in [1.29, 1.82) is 0 Å². The second-order valence-corrected chi connectivity index (χ2v) is 7.66. The number of methoxy groups -OCH3 is 1. The molecule has 0 unspecified atom stereocenters. The third-order valence-corrected chi connectivity index (χ3v) is 5.90. The van der Waals surface area contributed by atoms with E-state index in [1.54, 1.807) is 7.11 Å². The molecule has 0 saturated carbocycles. The van der Waals surface area contributed by atoms with Crippen molar-refractivity contribution in [3.05, 3.63) is 29.8 Å². The molecule has 7 heteroatoms. The summed E-state index contributed by atoms with van der Waals surface area (Å²) in [5.74, 6) is 0.0691. The molecule has 1 aromatic rings. The third kappa shape index (κ3) is 4.99. The molecule has 2 fully saturated rings.